The van der Waals surface area contributed by atoms with Crippen LogP contribution in [0.15, 0.2) is 52.4 Å². The molecule has 1 aliphatic rings. The zero-order valence-electron chi connectivity index (χ0n) is 17.5. The van der Waals surface area contributed by atoms with Gasteiger partial charge in [-0.25, -0.2) is 12.8 Å². The maximum atomic E-state index is 13.6. The first kappa shape index (κ1) is 22.4. The number of aryl methyl sites for hydroxylation is 1. The Hall–Kier alpha value is -2.80. The Bertz CT molecular complexity index is 1370. The molecule has 0 atom stereocenters. The van der Waals surface area contributed by atoms with Gasteiger partial charge >= 0.3 is 0 Å². The van der Waals surface area contributed by atoms with Gasteiger partial charge in [-0.15, -0.1) is 6.42 Å². The van der Waals surface area contributed by atoms with Crippen molar-refractivity contribution >= 4 is 37.5 Å². The van der Waals surface area contributed by atoms with Gasteiger partial charge in [0.25, 0.3) is 5.91 Å². The lowest BCUT2D eigenvalue weighted by Gasteiger charge is -2.29. The van der Waals surface area contributed by atoms with Gasteiger partial charge in [0.2, 0.25) is 10.0 Å². The standard InChI is InChI=1S/C23H22FN3O3S2/c1-3-12-27-20-9-6-18(24)15-21(20)31-23(27)25-22(28)17-10-13-26(14-11-17)32(29,30)19-7-4-16(2)5-8-19/h1,4-9,15,17H,10-14H2,2H3. The molecule has 0 radical (unpaired) electrons. The molecule has 6 nitrogen and oxygen atoms in total. The number of fused-ring (bicyclic) bond motifs is 1. The Morgan fingerprint density at radius 2 is 1.91 bits per heavy atom. The number of terminal acetylenes is 1. The van der Waals surface area contributed by atoms with Gasteiger partial charge in [-0.1, -0.05) is 35.0 Å². The molecule has 0 unspecified atom stereocenters. The van der Waals surface area contributed by atoms with E-state index in [2.05, 4.69) is 10.9 Å². The van der Waals surface area contributed by atoms with Crippen LogP contribution in [-0.4, -0.2) is 36.3 Å². The van der Waals surface area contributed by atoms with E-state index < -0.39 is 10.0 Å². The Kier molecular flexibility index (Phi) is 6.29. The number of nitrogens with zero attached hydrogens (tertiary/aromatic N) is 3. The zero-order chi connectivity index (χ0) is 22.9. The Morgan fingerprint density at radius 3 is 2.56 bits per heavy atom. The van der Waals surface area contributed by atoms with Gasteiger partial charge < -0.3 is 4.57 Å². The fraction of sp³-hybridized carbons (Fsp3) is 0.304. The number of amides is 1. The third kappa shape index (κ3) is 4.39. The summed E-state index contributed by atoms with van der Waals surface area (Å²) in [7, 11) is -3.59. The lowest BCUT2D eigenvalue weighted by atomic mass is 9.98. The minimum absolute atomic E-state index is 0.213. The number of sulfonamides is 1. The maximum absolute atomic E-state index is 13.6. The predicted octanol–water partition coefficient (Wildman–Crippen LogP) is 3.31. The number of hydrogen-bond acceptors (Lipinski definition) is 4. The van der Waals surface area contributed by atoms with Crippen LogP contribution in [0.25, 0.3) is 10.2 Å². The van der Waals surface area contributed by atoms with Crippen molar-refractivity contribution < 1.29 is 17.6 Å². The Balaban J connectivity index is 1.53. The van der Waals surface area contributed by atoms with Gasteiger partial charge in [0.05, 0.1) is 21.7 Å². The average molecular weight is 472 g/mol. The van der Waals surface area contributed by atoms with Crippen molar-refractivity contribution in [2.24, 2.45) is 10.9 Å². The van der Waals surface area contributed by atoms with Crippen LogP contribution in [0.5, 0.6) is 0 Å². The van der Waals surface area contributed by atoms with Gasteiger partial charge in [0.15, 0.2) is 4.80 Å². The largest absolute Gasteiger partial charge is 0.305 e. The monoisotopic (exact) mass is 471 g/mol. The summed E-state index contributed by atoms with van der Waals surface area (Å²) in [5.74, 6) is 1.49. The van der Waals surface area contributed by atoms with Crippen molar-refractivity contribution in [1.29, 1.82) is 0 Å². The number of aromatic nitrogens is 1. The highest BCUT2D eigenvalue weighted by molar-refractivity contribution is 7.89. The molecule has 166 valence electrons. The molecule has 3 aromatic rings. The van der Waals surface area contributed by atoms with Crippen LogP contribution >= 0.6 is 11.3 Å². The third-order valence-corrected chi connectivity index (χ3v) is 8.52. The van der Waals surface area contributed by atoms with E-state index >= 15 is 0 Å². The third-order valence-electron chi connectivity index (χ3n) is 5.56. The summed E-state index contributed by atoms with van der Waals surface area (Å²) in [5.41, 5.74) is 1.71. The number of rotatable bonds is 4. The molecule has 2 aromatic carbocycles. The van der Waals surface area contributed by atoms with E-state index in [1.807, 2.05) is 6.92 Å². The number of carbonyl (C=O) groups is 1. The summed E-state index contributed by atoms with van der Waals surface area (Å²) < 4.78 is 43.1. The average Bonchev–Trinajstić information content (AvgIpc) is 3.10. The van der Waals surface area contributed by atoms with Gasteiger partial charge in [-0.2, -0.15) is 9.30 Å². The van der Waals surface area contributed by atoms with Gasteiger partial charge in [0.1, 0.15) is 5.82 Å². The highest BCUT2D eigenvalue weighted by Crippen LogP contribution is 2.25. The quantitative estimate of drug-likeness (QED) is 0.548. The van der Waals surface area contributed by atoms with Crippen molar-refractivity contribution in [1.82, 2.24) is 8.87 Å². The molecule has 1 fully saturated rings. The van der Waals surface area contributed by atoms with Crippen molar-refractivity contribution in [2.45, 2.75) is 31.2 Å². The molecular formula is C23H22FN3O3S2. The molecule has 1 aliphatic heterocycles. The number of thiazole rings is 1. The second kappa shape index (κ2) is 8.98. The first-order chi connectivity index (χ1) is 15.3. The van der Waals surface area contributed by atoms with E-state index in [9.17, 15) is 17.6 Å². The number of halogens is 1. The highest BCUT2D eigenvalue weighted by atomic mass is 32.2. The van der Waals surface area contributed by atoms with Crippen molar-refractivity contribution in [3.8, 4) is 12.3 Å². The smallest absolute Gasteiger partial charge is 0.251 e. The number of piperidine rings is 1. The molecular weight excluding hydrogens is 449 g/mol. The van der Waals surface area contributed by atoms with Crippen LogP contribution in [0.1, 0.15) is 18.4 Å². The SMILES string of the molecule is C#CCn1c(=NC(=O)C2CCN(S(=O)(=O)c3ccc(C)cc3)CC2)sc2cc(F)ccc21. The normalized spacial score (nSPS) is 16.3. The molecule has 0 bridgehead atoms. The molecule has 0 aliphatic carbocycles. The summed E-state index contributed by atoms with van der Waals surface area (Å²) >= 11 is 1.21. The summed E-state index contributed by atoms with van der Waals surface area (Å²) in [6, 6.07) is 11.1. The second-order valence-corrected chi connectivity index (χ2v) is 10.7. The Labute approximate surface area is 190 Å². The number of carbonyl (C=O) groups excluding carboxylic acids is 1. The van der Waals surface area contributed by atoms with Crippen LogP contribution in [-0.2, 0) is 21.4 Å². The second-order valence-electron chi connectivity index (χ2n) is 7.73. The number of benzene rings is 2. The molecule has 4 rings (SSSR count). The zero-order valence-corrected chi connectivity index (χ0v) is 19.1. The molecule has 2 heterocycles. The summed E-state index contributed by atoms with van der Waals surface area (Å²) in [5, 5.41) is 0. The van der Waals surface area contributed by atoms with E-state index in [4.69, 9.17) is 6.42 Å². The Morgan fingerprint density at radius 1 is 1.22 bits per heavy atom. The van der Waals surface area contributed by atoms with Crippen LogP contribution in [0.4, 0.5) is 4.39 Å². The van der Waals surface area contributed by atoms with Gasteiger partial charge in [0, 0.05) is 19.0 Å². The van der Waals surface area contributed by atoms with E-state index in [-0.39, 0.29) is 42.2 Å². The van der Waals surface area contributed by atoms with Crippen LogP contribution in [0, 0.1) is 31.0 Å². The van der Waals surface area contributed by atoms with Gasteiger partial charge in [-0.05, 0) is 50.1 Å². The molecule has 0 saturated carbocycles. The first-order valence-corrected chi connectivity index (χ1v) is 12.4. The summed E-state index contributed by atoms with van der Waals surface area (Å²) in [6.07, 6.45) is 6.25. The van der Waals surface area contributed by atoms with Crippen molar-refractivity contribution in [3.63, 3.8) is 0 Å². The number of hydrogen-bond donors (Lipinski definition) is 0. The van der Waals surface area contributed by atoms with E-state index in [1.54, 1.807) is 34.9 Å². The van der Waals surface area contributed by atoms with Crippen LogP contribution in [0.2, 0.25) is 0 Å². The van der Waals surface area contributed by atoms with E-state index in [0.29, 0.717) is 22.3 Å². The fourth-order valence-corrected chi connectivity index (χ4v) is 6.29. The molecule has 1 saturated heterocycles. The van der Waals surface area contributed by atoms with Crippen LogP contribution in [0.3, 0.4) is 0 Å². The van der Waals surface area contributed by atoms with Gasteiger partial charge in [-0.3, -0.25) is 4.79 Å². The topological polar surface area (TPSA) is 71.7 Å². The van der Waals surface area contributed by atoms with Crippen molar-refractivity contribution in [3.05, 3.63) is 58.6 Å². The molecule has 0 spiro atoms. The lowest BCUT2D eigenvalue weighted by molar-refractivity contribution is -0.122. The minimum Gasteiger partial charge on any atom is -0.305 e. The minimum atomic E-state index is -3.59. The molecule has 9 heteroatoms. The summed E-state index contributed by atoms with van der Waals surface area (Å²) in [4.78, 5) is 17.8. The summed E-state index contributed by atoms with van der Waals surface area (Å²) in [6.45, 7) is 2.62. The first-order valence-electron chi connectivity index (χ1n) is 10.2. The predicted molar refractivity (Wildman–Crippen MR) is 122 cm³/mol. The molecule has 0 N–H and O–H groups in total. The highest BCUT2D eigenvalue weighted by Gasteiger charge is 2.32. The van der Waals surface area contributed by atoms with Crippen LogP contribution < -0.4 is 4.80 Å². The maximum Gasteiger partial charge on any atom is 0.251 e. The molecule has 32 heavy (non-hydrogen) atoms. The van der Waals surface area contributed by atoms with E-state index in [0.717, 1.165) is 11.1 Å². The van der Waals surface area contributed by atoms with Crippen molar-refractivity contribution in [2.75, 3.05) is 13.1 Å². The fourth-order valence-electron chi connectivity index (χ4n) is 3.76. The molecule has 1 aromatic heterocycles. The molecule has 1 amide bonds. The van der Waals surface area contributed by atoms with E-state index in [1.165, 1.54) is 27.8 Å². The lowest BCUT2D eigenvalue weighted by Crippen LogP contribution is -2.40.